The van der Waals surface area contributed by atoms with E-state index < -0.39 is 4.92 Å². The van der Waals surface area contributed by atoms with Gasteiger partial charge >= 0.3 is 0 Å². The molecule has 3 aromatic rings. The van der Waals surface area contributed by atoms with Crippen LogP contribution in [0.5, 0.6) is 0 Å². The van der Waals surface area contributed by atoms with E-state index in [9.17, 15) is 14.9 Å². The van der Waals surface area contributed by atoms with Gasteiger partial charge in [0.2, 0.25) is 5.91 Å². The summed E-state index contributed by atoms with van der Waals surface area (Å²) in [6.07, 6.45) is 6.45. The van der Waals surface area contributed by atoms with Crippen LogP contribution in [0.1, 0.15) is 49.9 Å². The summed E-state index contributed by atoms with van der Waals surface area (Å²) in [5.41, 5.74) is 1.89. The second-order valence-corrected chi connectivity index (χ2v) is 9.19. The zero-order valence-electron chi connectivity index (χ0n) is 18.4. The number of benzene rings is 2. The van der Waals surface area contributed by atoms with Gasteiger partial charge in [0.1, 0.15) is 0 Å². The molecule has 8 nitrogen and oxygen atoms in total. The van der Waals surface area contributed by atoms with Crippen molar-refractivity contribution in [3.63, 3.8) is 0 Å². The zero-order chi connectivity index (χ0) is 23.0. The van der Waals surface area contributed by atoms with Gasteiger partial charge in [-0.3, -0.25) is 19.5 Å². The van der Waals surface area contributed by atoms with Crippen LogP contribution in [0.25, 0.3) is 5.69 Å². The Bertz CT molecular complexity index is 1080. The summed E-state index contributed by atoms with van der Waals surface area (Å²) < 4.78 is 1.86. The molecular formula is C24H27N5O3S. The molecule has 33 heavy (non-hydrogen) atoms. The van der Waals surface area contributed by atoms with Crippen LogP contribution in [0.2, 0.25) is 0 Å². The number of thioether (sulfide) groups is 1. The number of nitrogens with zero attached hydrogens (tertiary/aromatic N) is 4. The van der Waals surface area contributed by atoms with E-state index in [4.69, 9.17) is 0 Å². The number of non-ortho nitro benzene ring substituents is 1. The molecule has 0 aliphatic heterocycles. The molecule has 0 radical (unpaired) electrons. The van der Waals surface area contributed by atoms with Crippen LogP contribution < -0.4 is 5.32 Å². The van der Waals surface area contributed by atoms with Crippen molar-refractivity contribution in [3.05, 3.63) is 76.1 Å². The topological polar surface area (TPSA) is 103 Å². The predicted octanol–water partition coefficient (Wildman–Crippen LogP) is 5.05. The molecule has 0 spiro atoms. The highest BCUT2D eigenvalue weighted by molar-refractivity contribution is 7.98. The maximum atomic E-state index is 12.4. The van der Waals surface area contributed by atoms with Gasteiger partial charge < -0.3 is 5.32 Å². The number of carbonyl (C=O) groups excluding carboxylic acids is 1. The maximum Gasteiger partial charge on any atom is 0.269 e. The summed E-state index contributed by atoms with van der Waals surface area (Å²) in [5.74, 6) is 1.98. The third-order valence-corrected chi connectivity index (χ3v) is 6.93. The van der Waals surface area contributed by atoms with Crippen molar-refractivity contribution in [2.24, 2.45) is 5.92 Å². The number of amides is 1. The molecular weight excluding hydrogens is 438 g/mol. The highest BCUT2D eigenvalue weighted by atomic mass is 32.2. The number of hydrogen-bond donors (Lipinski definition) is 1. The number of hydrogen-bond acceptors (Lipinski definition) is 6. The van der Waals surface area contributed by atoms with Crippen molar-refractivity contribution < 1.29 is 9.72 Å². The average Bonchev–Trinajstić information content (AvgIpc) is 3.50. The van der Waals surface area contributed by atoms with Gasteiger partial charge in [-0.25, -0.2) is 0 Å². The summed E-state index contributed by atoms with van der Waals surface area (Å²) in [6.45, 7) is 0.249. The van der Waals surface area contributed by atoms with Gasteiger partial charge in [0.15, 0.2) is 11.0 Å². The van der Waals surface area contributed by atoms with E-state index in [1.54, 1.807) is 12.1 Å². The Morgan fingerprint density at radius 2 is 1.82 bits per heavy atom. The summed E-state index contributed by atoms with van der Waals surface area (Å²) in [7, 11) is 0. The third-order valence-electron chi connectivity index (χ3n) is 5.93. The Morgan fingerprint density at radius 1 is 1.09 bits per heavy atom. The molecule has 1 amide bonds. The number of carbonyl (C=O) groups is 1. The molecule has 0 atom stereocenters. The SMILES string of the molecule is O=C(CCC1CCCC1)NCc1nnc(SCc2ccccc2)n1-c1ccc([N+](=O)[O-])cc1. The van der Waals surface area contributed by atoms with E-state index >= 15 is 0 Å². The van der Waals surface area contributed by atoms with E-state index in [-0.39, 0.29) is 18.1 Å². The van der Waals surface area contributed by atoms with Gasteiger partial charge in [0.05, 0.1) is 11.5 Å². The molecule has 2 aromatic carbocycles. The molecule has 1 saturated carbocycles. The van der Waals surface area contributed by atoms with Crippen LogP contribution in [0, 0.1) is 16.0 Å². The van der Waals surface area contributed by atoms with Crippen LogP contribution in [0.3, 0.4) is 0 Å². The summed E-state index contributed by atoms with van der Waals surface area (Å²) in [4.78, 5) is 23.0. The Kier molecular flexibility index (Phi) is 7.72. The van der Waals surface area contributed by atoms with E-state index in [1.165, 1.54) is 49.6 Å². The number of rotatable bonds is 10. The molecule has 0 saturated heterocycles. The minimum absolute atomic E-state index is 0.0126. The Balaban J connectivity index is 1.48. The summed E-state index contributed by atoms with van der Waals surface area (Å²) in [5, 5.41) is 23.3. The summed E-state index contributed by atoms with van der Waals surface area (Å²) in [6, 6.07) is 16.3. The van der Waals surface area contributed by atoms with Crippen molar-refractivity contribution in [1.29, 1.82) is 0 Å². The van der Waals surface area contributed by atoms with Gasteiger partial charge in [0.25, 0.3) is 5.69 Å². The highest BCUT2D eigenvalue weighted by Crippen LogP contribution is 2.29. The van der Waals surface area contributed by atoms with Crippen LogP contribution >= 0.6 is 11.8 Å². The van der Waals surface area contributed by atoms with Crippen LogP contribution in [-0.2, 0) is 17.1 Å². The largest absolute Gasteiger partial charge is 0.349 e. The van der Waals surface area contributed by atoms with E-state index in [0.717, 1.165) is 17.7 Å². The lowest BCUT2D eigenvalue weighted by atomic mass is 10.0. The van der Waals surface area contributed by atoms with E-state index in [0.29, 0.717) is 29.1 Å². The average molecular weight is 466 g/mol. The predicted molar refractivity (Wildman–Crippen MR) is 127 cm³/mol. The number of nitro benzene ring substituents is 1. The van der Waals surface area contributed by atoms with Crippen molar-refractivity contribution in [2.75, 3.05) is 0 Å². The van der Waals surface area contributed by atoms with Crippen LogP contribution in [0.4, 0.5) is 5.69 Å². The van der Waals surface area contributed by atoms with Gasteiger partial charge in [-0.05, 0) is 30.0 Å². The van der Waals surface area contributed by atoms with E-state index in [1.807, 2.05) is 34.9 Å². The first kappa shape index (κ1) is 23.0. The Labute approximate surface area is 197 Å². The highest BCUT2D eigenvalue weighted by Gasteiger charge is 2.18. The lowest BCUT2D eigenvalue weighted by Crippen LogP contribution is -2.24. The number of nitrogens with one attached hydrogen (secondary N) is 1. The maximum absolute atomic E-state index is 12.4. The first-order chi connectivity index (χ1) is 16.1. The van der Waals surface area contributed by atoms with Crippen molar-refractivity contribution in [3.8, 4) is 5.69 Å². The van der Waals surface area contributed by atoms with Gasteiger partial charge in [-0.15, -0.1) is 10.2 Å². The molecule has 0 bridgehead atoms. The normalized spacial score (nSPS) is 13.8. The second kappa shape index (κ2) is 11.1. The quantitative estimate of drug-likeness (QED) is 0.255. The summed E-state index contributed by atoms with van der Waals surface area (Å²) >= 11 is 1.53. The fourth-order valence-corrected chi connectivity index (χ4v) is 5.04. The van der Waals surface area contributed by atoms with Crippen molar-refractivity contribution >= 4 is 23.4 Å². The fraction of sp³-hybridized carbons (Fsp3) is 0.375. The molecule has 0 unspecified atom stereocenters. The minimum Gasteiger partial charge on any atom is -0.349 e. The van der Waals surface area contributed by atoms with E-state index in [2.05, 4.69) is 15.5 Å². The lowest BCUT2D eigenvalue weighted by Gasteiger charge is -2.12. The lowest BCUT2D eigenvalue weighted by molar-refractivity contribution is -0.384. The molecule has 4 rings (SSSR count). The monoisotopic (exact) mass is 465 g/mol. The molecule has 1 aliphatic carbocycles. The van der Waals surface area contributed by atoms with Gasteiger partial charge in [0, 0.05) is 30.0 Å². The Morgan fingerprint density at radius 3 is 2.52 bits per heavy atom. The molecule has 1 heterocycles. The molecule has 1 aliphatic rings. The van der Waals surface area contributed by atoms with Crippen molar-refractivity contribution in [1.82, 2.24) is 20.1 Å². The Hall–Kier alpha value is -3.20. The minimum atomic E-state index is -0.424. The molecule has 1 fully saturated rings. The van der Waals surface area contributed by atoms with Gasteiger partial charge in [-0.2, -0.15) is 0 Å². The second-order valence-electron chi connectivity index (χ2n) is 8.25. The zero-order valence-corrected chi connectivity index (χ0v) is 19.2. The smallest absolute Gasteiger partial charge is 0.269 e. The first-order valence-corrected chi connectivity index (χ1v) is 12.2. The van der Waals surface area contributed by atoms with Crippen molar-refractivity contribution in [2.45, 2.75) is 56.0 Å². The molecule has 1 N–H and O–H groups in total. The number of nitro groups is 1. The molecule has 1 aromatic heterocycles. The molecule has 172 valence electrons. The van der Waals surface area contributed by atoms with Gasteiger partial charge in [-0.1, -0.05) is 67.8 Å². The standard InChI is InChI=1S/C24H27N5O3S/c30-23(15-10-18-6-4-5-7-18)25-16-22-26-27-24(33-17-19-8-2-1-3-9-19)28(22)20-11-13-21(14-12-20)29(31)32/h1-3,8-9,11-14,18H,4-7,10,15-17H2,(H,25,30). The van der Waals surface area contributed by atoms with Crippen LogP contribution in [-0.4, -0.2) is 25.6 Å². The number of aromatic nitrogens is 3. The molecule has 9 heteroatoms. The first-order valence-electron chi connectivity index (χ1n) is 11.2. The third kappa shape index (κ3) is 6.19. The fourth-order valence-electron chi connectivity index (χ4n) is 4.11. The van der Waals surface area contributed by atoms with Crippen LogP contribution in [0.15, 0.2) is 59.8 Å².